The molecule has 0 spiro atoms. The van der Waals surface area contributed by atoms with Crippen LogP contribution in [0, 0.1) is 0 Å². The number of hydrogen-bond acceptors (Lipinski definition) is 6. The van der Waals surface area contributed by atoms with E-state index >= 15 is 0 Å². The maximum atomic E-state index is 12.7. The number of thiophene rings is 1. The third kappa shape index (κ3) is 6.18. The molecular formula is C23H29N5OS2. The van der Waals surface area contributed by atoms with Crippen molar-refractivity contribution in [3.8, 4) is 0 Å². The molecule has 8 heteroatoms. The van der Waals surface area contributed by atoms with Crippen molar-refractivity contribution in [1.82, 2.24) is 24.6 Å². The predicted octanol–water partition coefficient (Wildman–Crippen LogP) is 4.12. The van der Waals surface area contributed by atoms with Crippen molar-refractivity contribution >= 4 is 29.0 Å². The first-order valence-corrected chi connectivity index (χ1v) is 12.6. The Balaban J connectivity index is 1.44. The quantitative estimate of drug-likeness (QED) is 0.454. The summed E-state index contributed by atoms with van der Waals surface area (Å²) in [6.07, 6.45) is 3.81. The molecule has 0 N–H and O–H groups in total. The van der Waals surface area contributed by atoms with E-state index in [1.165, 1.54) is 41.5 Å². The van der Waals surface area contributed by atoms with Crippen LogP contribution in [0.5, 0.6) is 0 Å². The molecule has 1 saturated heterocycles. The number of carbonyl (C=O) groups is 1. The van der Waals surface area contributed by atoms with Gasteiger partial charge >= 0.3 is 0 Å². The lowest BCUT2D eigenvalue weighted by molar-refractivity contribution is -0.127. The van der Waals surface area contributed by atoms with Gasteiger partial charge in [-0.2, -0.15) is 0 Å². The van der Waals surface area contributed by atoms with Gasteiger partial charge in [0.2, 0.25) is 5.91 Å². The van der Waals surface area contributed by atoms with Crippen LogP contribution in [-0.2, 0) is 24.4 Å². The Morgan fingerprint density at radius 3 is 2.61 bits per heavy atom. The zero-order chi connectivity index (χ0) is 21.5. The van der Waals surface area contributed by atoms with Gasteiger partial charge in [-0.1, -0.05) is 54.6 Å². The lowest BCUT2D eigenvalue weighted by atomic mass is 10.1. The third-order valence-corrected chi connectivity index (χ3v) is 7.33. The minimum absolute atomic E-state index is 0.102. The van der Waals surface area contributed by atoms with Crippen molar-refractivity contribution in [1.29, 1.82) is 0 Å². The second kappa shape index (κ2) is 10.9. The fraction of sp³-hybridized carbons (Fsp3) is 0.435. The van der Waals surface area contributed by atoms with Crippen molar-refractivity contribution in [2.24, 2.45) is 0 Å². The van der Waals surface area contributed by atoms with Crippen LogP contribution >= 0.6 is 23.1 Å². The molecule has 164 valence electrons. The van der Waals surface area contributed by atoms with E-state index in [1.54, 1.807) is 16.2 Å². The van der Waals surface area contributed by atoms with Crippen molar-refractivity contribution in [2.75, 3.05) is 25.9 Å². The lowest BCUT2D eigenvalue weighted by Crippen LogP contribution is -2.30. The van der Waals surface area contributed by atoms with E-state index < -0.39 is 0 Å². The topological polar surface area (TPSA) is 54.3 Å². The van der Waals surface area contributed by atoms with Crippen LogP contribution in [0.4, 0.5) is 0 Å². The van der Waals surface area contributed by atoms with Crippen molar-refractivity contribution < 1.29 is 4.79 Å². The highest BCUT2D eigenvalue weighted by atomic mass is 32.2. The van der Waals surface area contributed by atoms with Gasteiger partial charge in [-0.05, 0) is 42.9 Å². The highest BCUT2D eigenvalue weighted by Gasteiger charge is 2.19. The fourth-order valence-electron chi connectivity index (χ4n) is 3.75. The van der Waals surface area contributed by atoms with Crippen molar-refractivity contribution in [3.05, 3.63) is 64.1 Å². The van der Waals surface area contributed by atoms with E-state index in [0.29, 0.717) is 12.3 Å². The van der Waals surface area contributed by atoms with E-state index in [-0.39, 0.29) is 5.91 Å². The minimum atomic E-state index is 0.102. The monoisotopic (exact) mass is 455 g/mol. The molecule has 1 aliphatic heterocycles. The maximum Gasteiger partial charge on any atom is 0.233 e. The van der Waals surface area contributed by atoms with Crippen LogP contribution in [-0.4, -0.2) is 56.4 Å². The van der Waals surface area contributed by atoms with Gasteiger partial charge in [0.25, 0.3) is 0 Å². The SMILES string of the molecule is CN(Cc1cccs1)C(=O)CSc1nnc(CN2CCCCC2)n1Cc1ccccc1. The van der Waals surface area contributed by atoms with Gasteiger partial charge in [-0.25, -0.2) is 0 Å². The zero-order valence-corrected chi connectivity index (χ0v) is 19.6. The summed E-state index contributed by atoms with van der Waals surface area (Å²) in [5.41, 5.74) is 1.21. The number of hydrogen-bond donors (Lipinski definition) is 0. The number of carbonyl (C=O) groups excluding carboxylic acids is 1. The summed E-state index contributed by atoms with van der Waals surface area (Å²) in [7, 11) is 1.86. The number of benzene rings is 1. The molecule has 6 nitrogen and oxygen atoms in total. The molecule has 1 aromatic carbocycles. The fourth-order valence-corrected chi connectivity index (χ4v) is 5.40. The summed E-state index contributed by atoms with van der Waals surface area (Å²) in [4.78, 5) is 18.1. The molecule has 2 aromatic heterocycles. The highest BCUT2D eigenvalue weighted by Crippen LogP contribution is 2.22. The van der Waals surface area contributed by atoms with E-state index in [4.69, 9.17) is 0 Å². The molecule has 0 radical (unpaired) electrons. The molecule has 4 rings (SSSR count). The van der Waals surface area contributed by atoms with Crippen LogP contribution < -0.4 is 0 Å². The van der Waals surface area contributed by atoms with Crippen LogP contribution in [0.25, 0.3) is 0 Å². The van der Waals surface area contributed by atoms with Crippen LogP contribution in [0.15, 0.2) is 53.0 Å². The van der Waals surface area contributed by atoms with Crippen molar-refractivity contribution in [2.45, 2.75) is 44.1 Å². The molecule has 0 bridgehead atoms. The number of aromatic nitrogens is 3. The number of rotatable bonds is 9. The normalized spacial score (nSPS) is 14.6. The number of likely N-dealkylation sites (tertiary alicyclic amines) is 1. The summed E-state index contributed by atoms with van der Waals surface area (Å²) in [6, 6.07) is 14.5. The number of piperidine rings is 1. The average Bonchev–Trinajstić information content (AvgIpc) is 3.44. The first kappa shape index (κ1) is 22.0. The molecule has 0 atom stereocenters. The van der Waals surface area contributed by atoms with Gasteiger partial charge in [-0.15, -0.1) is 21.5 Å². The third-order valence-electron chi connectivity index (χ3n) is 5.51. The Hall–Kier alpha value is -2.16. The van der Waals surface area contributed by atoms with E-state index in [9.17, 15) is 4.79 Å². The van der Waals surface area contributed by atoms with Crippen LogP contribution in [0.1, 0.15) is 35.5 Å². The Morgan fingerprint density at radius 1 is 1.06 bits per heavy atom. The second-order valence-corrected chi connectivity index (χ2v) is 9.90. The lowest BCUT2D eigenvalue weighted by Gasteiger charge is -2.26. The summed E-state index contributed by atoms with van der Waals surface area (Å²) < 4.78 is 2.18. The first-order valence-electron chi connectivity index (χ1n) is 10.8. The maximum absolute atomic E-state index is 12.7. The Bertz CT molecular complexity index is 952. The van der Waals surface area contributed by atoms with Crippen LogP contribution in [0.3, 0.4) is 0 Å². The van der Waals surface area contributed by atoms with Gasteiger partial charge in [0.1, 0.15) is 5.82 Å². The molecule has 1 fully saturated rings. The Morgan fingerprint density at radius 2 is 1.87 bits per heavy atom. The molecular weight excluding hydrogens is 426 g/mol. The smallest absolute Gasteiger partial charge is 0.233 e. The Kier molecular flexibility index (Phi) is 7.77. The molecule has 0 aliphatic carbocycles. The molecule has 31 heavy (non-hydrogen) atoms. The highest BCUT2D eigenvalue weighted by molar-refractivity contribution is 7.99. The first-order chi connectivity index (χ1) is 15.2. The number of thioether (sulfide) groups is 1. The van der Waals surface area contributed by atoms with Gasteiger partial charge in [0, 0.05) is 11.9 Å². The standard InChI is InChI=1S/C23H29N5OS2/c1-26(16-20-11-8-14-30-20)22(29)18-31-23-25-24-21(17-27-12-6-3-7-13-27)28(23)15-19-9-4-2-5-10-19/h2,4-5,8-11,14H,3,6-7,12-13,15-18H2,1H3. The predicted molar refractivity (Wildman–Crippen MR) is 126 cm³/mol. The molecule has 0 saturated carbocycles. The van der Waals surface area contributed by atoms with E-state index in [2.05, 4.69) is 50.0 Å². The summed E-state index contributed by atoms with van der Waals surface area (Å²) >= 11 is 3.16. The van der Waals surface area contributed by atoms with E-state index in [0.717, 1.165) is 37.2 Å². The van der Waals surface area contributed by atoms with Gasteiger partial charge < -0.3 is 9.47 Å². The molecule has 3 aromatic rings. The molecule has 1 aliphatic rings. The van der Waals surface area contributed by atoms with E-state index in [1.807, 2.05) is 24.6 Å². The molecule has 1 amide bonds. The van der Waals surface area contributed by atoms with Gasteiger partial charge in [-0.3, -0.25) is 9.69 Å². The Labute approximate surface area is 192 Å². The molecule has 0 unspecified atom stereocenters. The summed E-state index contributed by atoms with van der Waals surface area (Å²) in [6.45, 7) is 4.42. The zero-order valence-electron chi connectivity index (χ0n) is 17.9. The number of nitrogens with zero attached hydrogens (tertiary/aromatic N) is 5. The average molecular weight is 456 g/mol. The van der Waals surface area contributed by atoms with Gasteiger partial charge in [0.05, 0.1) is 25.4 Å². The second-order valence-electron chi connectivity index (χ2n) is 7.93. The molecule has 3 heterocycles. The van der Waals surface area contributed by atoms with Crippen molar-refractivity contribution in [3.63, 3.8) is 0 Å². The largest absolute Gasteiger partial charge is 0.340 e. The van der Waals surface area contributed by atoms with Crippen LogP contribution in [0.2, 0.25) is 0 Å². The summed E-state index contributed by atoms with van der Waals surface area (Å²) in [5, 5.41) is 11.8. The van der Waals surface area contributed by atoms with Gasteiger partial charge in [0.15, 0.2) is 5.16 Å². The number of amides is 1. The minimum Gasteiger partial charge on any atom is -0.340 e. The summed E-state index contributed by atoms with van der Waals surface area (Å²) in [5.74, 6) is 1.44.